The number of rotatable bonds is 4. The van der Waals surface area contributed by atoms with Gasteiger partial charge in [-0.15, -0.1) is 0 Å². The standard InChI is InChI=1S/C21H22N2O2/c1-5-25-21(24)17-12-22-19-14(3)7-6-8-16(19)20(17)23-18-10-9-13(2)11-15(18)4/h6-12H,5H2,1-4H3,(H,22,23). The first-order valence-electron chi connectivity index (χ1n) is 8.41. The van der Waals surface area contributed by atoms with Crippen LogP contribution in [0.15, 0.2) is 42.6 Å². The first kappa shape index (κ1) is 17.0. The van der Waals surface area contributed by atoms with Crippen molar-refractivity contribution in [2.45, 2.75) is 27.7 Å². The molecule has 0 unspecified atom stereocenters. The third-order valence-corrected chi connectivity index (χ3v) is 4.24. The van der Waals surface area contributed by atoms with Crippen molar-refractivity contribution in [3.8, 4) is 0 Å². The van der Waals surface area contributed by atoms with Crippen LogP contribution in [-0.2, 0) is 4.74 Å². The Bertz CT molecular complexity index is 948. The van der Waals surface area contributed by atoms with Crippen molar-refractivity contribution in [2.75, 3.05) is 11.9 Å². The molecule has 0 spiro atoms. The zero-order valence-electron chi connectivity index (χ0n) is 15.0. The molecule has 25 heavy (non-hydrogen) atoms. The van der Waals surface area contributed by atoms with Crippen molar-refractivity contribution in [1.82, 2.24) is 4.98 Å². The number of benzene rings is 2. The van der Waals surface area contributed by atoms with E-state index in [1.165, 1.54) is 5.56 Å². The number of para-hydroxylation sites is 1. The number of anilines is 2. The van der Waals surface area contributed by atoms with Gasteiger partial charge in [-0.3, -0.25) is 4.98 Å². The van der Waals surface area contributed by atoms with E-state index in [2.05, 4.69) is 23.3 Å². The normalized spacial score (nSPS) is 10.7. The van der Waals surface area contributed by atoms with E-state index >= 15 is 0 Å². The first-order chi connectivity index (χ1) is 12.0. The summed E-state index contributed by atoms with van der Waals surface area (Å²) in [5, 5.41) is 4.34. The van der Waals surface area contributed by atoms with E-state index in [0.29, 0.717) is 12.2 Å². The van der Waals surface area contributed by atoms with Gasteiger partial charge >= 0.3 is 5.97 Å². The molecule has 0 fully saturated rings. The van der Waals surface area contributed by atoms with Gasteiger partial charge in [-0.25, -0.2) is 4.79 Å². The molecule has 0 aliphatic heterocycles. The number of esters is 1. The lowest BCUT2D eigenvalue weighted by Crippen LogP contribution is -2.10. The number of aromatic nitrogens is 1. The SMILES string of the molecule is CCOC(=O)c1cnc2c(C)cccc2c1Nc1ccc(C)cc1C. The Labute approximate surface area is 147 Å². The first-order valence-corrected chi connectivity index (χ1v) is 8.41. The summed E-state index contributed by atoms with van der Waals surface area (Å²) in [5.41, 5.74) is 6.40. The number of nitrogens with one attached hydrogen (secondary N) is 1. The highest BCUT2D eigenvalue weighted by Gasteiger charge is 2.18. The Morgan fingerprint density at radius 2 is 1.92 bits per heavy atom. The lowest BCUT2D eigenvalue weighted by Gasteiger charge is -2.16. The molecule has 0 bridgehead atoms. The van der Waals surface area contributed by atoms with Gasteiger partial charge in [0, 0.05) is 17.3 Å². The maximum Gasteiger partial charge on any atom is 0.341 e. The fraction of sp³-hybridized carbons (Fsp3) is 0.238. The van der Waals surface area contributed by atoms with Crippen LogP contribution in [-0.4, -0.2) is 17.6 Å². The molecular weight excluding hydrogens is 312 g/mol. The molecule has 1 aromatic heterocycles. The minimum Gasteiger partial charge on any atom is -0.462 e. The van der Waals surface area contributed by atoms with E-state index in [1.54, 1.807) is 13.1 Å². The van der Waals surface area contributed by atoms with Crippen LogP contribution in [0.2, 0.25) is 0 Å². The van der Waals surface area contributed by atoms with Gasteiger partial charge in [0.15, 0.2) is 0 Å². The van der Waals surface area contributed by atoms with Crippen molar-refractivity contribution in [1.29, 1.82) is 0 Å². The average molecular weight is 334 g/mol. The third kappa shape index (κ3) is 3.33. The number of aryl methyl sites for hydroxylation is 3. The predicted octanol–water partition coefficient (Wildman–Crippen LogP) is 5.08. The number of hydrogen-bond donors (Lipinski definition) is 1. The van der Waals surface area contributed by atoms with Gasteiger partial charge in [-0.05, 0) is 44.9 Å². The molecule has 4 nitrogen and oxygen atoms in total. The van der Waals surface area contributed by atoms with Gasteiger partial charge < -0.3 is 10.1 Å². The van der Waals surface area contributed by atoms with Crippen molar-refractivity contribution >= 4 is 28.2 Å². The molecule has 1 heterocycles. The van der Waals surface area contributed by atoms with E-state index in [1.807, 2.05) is 44.2 Å². The molecule has 0 amide bonds. The van der Waals surface area contributed by atoms with E-state index < -0.39 is 0 Å². The van der Waals surface area contributed by atoms with Crippen molar-refractivity contribution in [2.24, 2.45) is 0 Å². The molecule has 0 saturated heterocycles. The van der Waals surface area contributed by atoms with Gasteiger partial charge in [0.2, 0.25) is 0 Å². The molecule has 4 heteroatoms. The molecule has 0 atom stereocenters. The predicted molar refractivity (Wildman–Crippen MR) is 102 cm³/mol. The Morgan fingerprint density at radius 1 is 1.12 bits per heavy atom. The number of ether oxygens (including phenoxy) is 1. The molecule has 0 aliphatic rings. The highest BCUT2D eigenvalue weighted by molar-refractivity contribution is 6.06. The average Bonchev–Trinajstić information content (AvgIpc) is 2.58. The highest BCUT2D eigenvalue weighted by atomic mass is 16.5. The van der Waals surface area contributed by atoms with Gasteiger partial charge in [0.1, 0.15) is 5.56 Å². The summed E-state index contributed by atoms with van der Waals surface area (Å²) in [6, 6.07) is 12.2. The second-order valence-electron chi connectivity index (χ2n) is 6.18. The van der Waals surface area contributed by atoms with Crippen molar-refractivity contribution in [3.05, 3.63) is 64.8 Å². The van der Waals surface area contributed by atoms with Crippen LogP contribution in [0, 0.1) is 20.8 Å². The van der Waals surface area contributed by atoms with Crippen LogP contribution < -0.4 is 5.32 Å². The van der Waals surface area contributed by atoms with Gasteiger partial charge in [-0.1, -0.05) is 35.9 Å². The third-order valence-electron chi connectivity index (χ3n) is 4.24. The smallest absolute Gasteiger partial charge is 0.341 e. The van der Waals surface area contributed by atoms with E-state index in [4.69, 9.17) is 4.74 Å². The Morgan fingerprint density at radius 3 is 2.64 bits per heavy atom. The van der Waals surface area contributed by atoms with Gasteiger partial charge in [0.05, 0.1) is 17.8 Å². The summed E-state index contributed by atoms with van der Waals surface area (Å²) in [4.78, 5) is 16.9. The molecule has 2 aromatic carbocycles. The monoisotopic (exact) mass is 334 g/mol. The van der Waals surface area contributed by atoms with Crippen molar-refractivity contribution in [3.63, 3.8) is 0 Å². The Hall–Kier alpha value is -2.88. The Balaban J connectivity index is 2.20. The molecule has 0 saturated carbocycles. The van der Waals surface area contributed by atoms with E-state index in [9.17, 15) is 4.79 Å². The second-order valence-corrected chi connectivity index (χ2v) is 6.18. The molecule has 3 rings (SSSR count). The second kappa shape index (κ2) is 6.93. The number of carbonyl (C=O) groups excluding carboxylic acids is 1. The molecule has 128 valence electrons. The lowest BCUT2D eigenvalue weighted by atomic mass is 10.0. The maximum absolute atomic E-state index is 12.4. The van der Waals surface area contributed by atoms with Crippen molar-refractivity contribution < 1.29 is 9.53 Å². The number of carbonyl (C=O) groups is 1. The van der Waals surface area contributed by atoms with Crippen LogP contribution in [0.3, 0.4) is 0 Å². The summed E-state index contributed by atoms with van der Waals surface area (Å²) >= 11 is 0. The van der Waals surface area contributed by atoms with E-state index in [0.717, 1.165) is 33.4 Å². The van der Waals surface area contributed by atoms with Crippen LogP contribution >= 0.6 is 0 Å². The van der Waals surface area contributed by atoms with Crippen LogP contribution in [0.5, 0.6) is 0 Å². The molecule has 0 aliphatic carbocycles. The molecule has 0 radical (unpaired) electrons. The maximum atomic E-state index is 12.4. The zero-order valence-corrected chi connectivity index (χ0v) is 15.0. The van der Waals surface area contributed by atoms with Crippen LogP contribution in [0.4, 0.5) is 11.4 Å². The van der Waals surface area contributed by atoms with Crippen LogP contribution in [0.25, 0.3) is 10.9 Å². The fourth-order valence-electron chi connectivity index (χ4n) is 2.96. The minimum absolute atomic E-state index is 0.327. The fourth-order valence-corrected chi connectivity index (χ4v) is 2.96. The number of pyridine rings is 1. The van der Waals surface area contributed by atoms with Crippen LogP contribution in [0.1, 0.15) is 34.0 Å². The summed E-state index contributed by atoms with van der Waals surface area (Å²) in [6.45, 7) is 8.25. The van der Waals surface area contributed by atoms with Gasteiger partial charge in [0.25, 0.3) is 0 Å². The molecule has 1 N–H and O–H groups in total. The van der Waals surface area contributed by atoms with Gasteiger partial charge in [-0.2, -0.15) is 0 Å². The summed E-state index contributed by atoms with van der Waals surface area (Å²) in [6.07, 6.45) is 1.60. The summed E-state index contributed by atoms with van der Waals surface area (Å²) in [7, 11) is 0. The molecular formula is C21H22N2O2. The minimum atomic E-state index is -0.370. The number of fused-ring (bicyclic) bond motifs is 1. The molecule has 3 aromatic rings. The van der Waals surface area contributed by atoms with E-state index in [-0.39, 0.29) is 5.97 Å². The lowest BCUT2D eigenvalue weighted by molar-refractivity contribution is 0.0527. The summed E-state index contributed by atoms with van der Waals surface area (Å²) in [5.74, 6) is -0.370. The number of nitrogens with zero attached hydrogens (tertiary/aromatic N) is 1. The quantitative estimate of drug-likeness (QED) is 0.676. The topological polar surface area (TPSA) is 51.2 Å². The number of hydrogen-bond acceptors (Lipinski definition) is 4. The Kier molecular flexibility index (Phi) is 4.70. The summed E-state index contributed by atoms with van der Waals surface area (Å²) < 4.78 is 5.22. The zero-order chi connectivity index (χ0) is 18.0. The highest BCUT2D eigenvalue weighted by Crippen LogP contribution is 2.32. The largest absolute Gasteiger partial charge is 0.462 e.